The van der Waals surface area contributed by atoms with Gasteiger partial charge in [0, 0.05) is 41.0 Å². The Morgan fingerprint density at radius 1 is 0.931 bits per heavy atom. The number of nitrogens with one attached hydrogen (secondary N) is 1. The van der Waals surface area contributed by atoms with E-state index in [1.54, 1.807) is 11.3 Å². The lowest BCUT2D eigenvalue weighted by Crippen LogP contribution is -1.95. The number of benzene rings is 2. The molecule has 5 heteroatoms. The van der Waals surface area contributed by atoms with E-state index in [-0.39, 0.29) is 0 Å². The summed E-state index contributed by atoms with van der Waals surface area (Å²) in [6, 6.07) is 24.1. The van der Waals surface area contributed by atoms with Crippen LogP contribution in [0.1, 0.15) is 0 Å². The average Bonchev–Trinajstić information content (AvgIpc) is 3.39. The Morgan fingerprint density at radius 2 is 1.72 bits per heavy atom. The maximum atomic E-state index is 5.87. The van der Waals surface area contributed by atoms with Crippen molar-refractivity contribution in [2.45, 2.75) is 0 Å². The fourth-order valence-electron chi connectivity index (χ4n) is 3.42. The first-order valence-electron chi connectivity index (χ1n) is 9.35. The molecule has 0 saturated heterocycles. The highest BCUT2D eigenvalue weighted by atomic mass is 32.1. The summed E-state index contributed by atoms with van der Waals surface area (Å²) in [6.07, 6.45) is 1.84. The lowest BCUT2D eigenvalue weighted by molar-refractivity contribution is 0.483. The van der Waals surface area contributed by atoms with Crippen molar-refractivity contribution in [1.29, 1.82) is 0 Å². The second-order valence-electron chi connectivity index (χ2n) is 6.76. The number of para-hydroxylation sites is 1. The third-order valence-electron chi connectivity index (χ3n) is 4.88. The number of ether oxygens (including phenoxy) is 1. The third kappa shape index (κ3) is 3.48. The molecule has 0 aliphatic heterocycles. The maximum Gasteiger partial charge on any atom is 0.139 e. The van der Waals surface area contributed by atoms with Crippen molar-refractivity contribution in [3.05, 3.63) is 89.8 Å². The standard InChI is InChI=1S/C24H19N3OS/c1-27-22-11-13-25-24(21(22)15-23(27)17-12-14-29-16-17)26-18-7-9-20(10-8-18)28-19-5-3-2-4-6-19/h2-16H,1H3,(H,25,26). The van der Waals surface area contributed by atoms with Gasteiger partial charge in [-0.3, -0.25) is 0 Å². The van der Waals surface area contributed by atoms with Gasteiger partial charge in [0.05, 0.1) is 5.52 Å². The summed E-state index contributed by atoms with van der Waals surface area (Å²) in [5.74, 6) is 2.47. The SMILES string of the molecule is Cn1c(-c2ccsc2)cc2c(Nc3ccc(Oc4ccccc4)cc3)nccc21. The van der Waals surface area contributed by atoms with Crippen molar-refractivity contribution in [3.8, 4) is 22.8 Å². The number of thiophene rings is 1. The quantitative estimate of drug-likeness (QED) is 0.353. The van der Waals surface area contributed by atoms with Crippen LogP contribution in [0.2, 0.25) is 0 Å². The van der Waals surface area contributed by atoms with Crippen molar-refractivity contribution in [3.63, 3.8) is 0 Å². The largest absolute Gasteiger partial charge is 0.457 e. The van der Waals surface area contributed by atoms with Gasteiger partial charge < -0.3 is 14.6 Å². The molecule has 3 aromatic heterocycles. The predicted molar refractivity (Wildman–Crippen MR) is 120 cm³/mol. The van der Waals surface area contributed by atoms with E-state index in [4.69, 9.17) is 4.74 Å². The van der Waals surface area contributed by atoms with Crippen molar-refractivity contribution >= 4 is 33.7 Å². The van der Waals surface area contributed by atoms with Crippen LogP contribution >= 0.6 is 11.3 Å². The topological polar surface area (TPSA) is 39.1 Å². The van der Waals surface area contributed by atoms with Crippen LogP contribution in [0.25, 0.3) is 22.2 Å². The van der Waals surface area contributed by atoms with E-state index in [1.807, 2.05) is 66.9 Å². The van der Waals surface area contributed by atoms with Crippen molar-refractivity contribution in [1.82, 2.24) is 9.55 Å². The van der Waals surface area contributed by atoms with Gasteiger partial charge in [0.25, 0.3) is 0 Å². The number of fused-ring (bicyclic) bond motifs is 1. The van der Waals surface area contributed by atoms with Gasteiger partial charge in [0.1, 0.15) is 17.3 Å². The molecular formula is C24H19N3OS. The predicted octanol–water partition coefficient (Wildman–Crippen LogP) is 6.84. The van der Waals surface area contributed by atoms with Gasteiger partial charge in [0.15, 0.2) is 0 Å². The second-order valence-corrected chi connectivity index (χ2v) is 7.54. The van der Waals surface area contributed by atoms with Crippen LogP contribution < -0.4 is 10.1 Å². The van der Waals surface area contributed by atoms with Gasteiger partial charge in [-0.25, -0.2) is 4.98 Å². The van der Waals surface area contributed by atoms with Crippen molar-refractivity contribution < 1.29 is 4.74 Å². The molecule has 5 rings (SSSR count). The maximum absolute atomic E-state index is 5.87. The van der Waals surface area contributed by atoms with E-state index in [9.17, 15) is 0 Å². The van der Waals surface area contributed by atoms with E-state index < -0.39 is 0 Å². The number of nitrogens with zero attached hydrogens (tertiary/aromatic N) is 2. The molecule has 0 aliphatic carbocycles. The number of pyridine rings is 1. The van der Waals surface area contributed by atoms with E-state index in [0.29, 0.717) is 0 Å². The fraction of sp³-hybridized carbons (Fsp3) is 0.0417. The van der Waals surface area contributed by atoms with Gasteiger partial charge in [-0.2, -0.15) is 11.3 Å². The molecule has 0 bridgehead atoms. The Morgan fingerprint density at radius 3 is 2.48 bits per heavy atom. The minimum Gasteiger partial charge on any atom is -0.457 e. The highest BCUT2D eigenvalue weighted by Gasteiger charge is 2.12. The molecule has 0 unspecified atom stereocenters. The highest BCUT2D eigenvalue weighted by molar-refractivity contribution is 7.08. The zero-order valence-electron chi connectivity index (χ0n) is 15.9. The number of rotatable bonds is 5. The van der Waals surface area contributed by atoms with Crippen LogP contribution in [0.5, 0.6) is 11.5 Å². The summed E-state index contributed by atoms with van der Waals surface area (Å²) in [6.45, 7) is 0. The Hall–Kier alpha value is -3.57. The lowest BCUT2D eigenvalue weighted by atomic mass is 10.2. The minimum atomic E-state index is 0.798. The van der Waals surface area contributed by atoms with Crippen LogP contribution in [0.3, 0.4) is 0 Å². The zero-order chi connectivity index (χ0) is 19.6. The average molecular weight is 398 g/mol. The Balaban J connectivity index is 1.42. The summed E-state index contributed by atoms with van der Waals surface area (Å²) in [7, 11) is 2.09. The lowest BCUT2D eigenvalue weighted by Gasteiger charge is -2.09. The molecular weight excluding hydrogens is 378 g/mol. The van der Waals surface area contributed by atoms with Crippen LogP contribution in [0, 0.1) is 0 Å². The first-order chi connectivity index (χ1) is 14.3. The minimum absolute atomic E-state index is 0.798. The first kappa shape index (κ1) is 17.5. The van der Waals surface area contributed by atoms with Crippen LogP contribution in [-0.2, 0) is 7.05 Å². The zero-order valence-corrected chi connectivity index (χ0v) is 16.7. The third-order valence-corrected chi connectivity index (χ3v) is 5.57. The number of hydrogen-bond donors (Lipinski definition) is 1. The fourth-order valence-corrected chi connectivity index (χ4v) is 4.07. The summed E-state index contributed by atoms with van der Waals surface area (Å²) < 4.78 is 8.08. The van der Waals surface area contributed by atoms with E-state index in [2.05, 4.69) is 44.8 Å². The van der Waals surface area contributed by atoms with Gasteiger partial charge in [-0.15, -0.1) is 0 Å². The molecule has 0 atom stereocenters. The van der Waals surface area contributed by atoms with Gasteiger partial charge in [-0.1, -0.05) is 18.2 Å². The molecule has 0 spiro atoms. The Labute approximate surface area is 173 Å². The summed E-state index contributed by atoms with van der Waals surface area (Å²) in [5.41, 5.74) is 4.52. The van der Waals surface area contributed by atoms with Crippen LogP contribution in [-0.4, -0.2) is 9.55 Å². The van der Waals surface area contributed by atoms with Gasteiger partial charge in [0.2, 0.25) is 0 Å². The smallest absolute Gasteiger partial charge is 0.139 e. The number of anilines is 2. The molecule has 3 heterocycles. The molecule has 0 saturated carbocycles. The molecule has 4 nitrogen and oxygen atoms in total. The molecule has 0 amide bonds. The molecule has 0 radical (unpaired) electrons. The second kappa shape index (κ2) is 7.45. The monoisotopic (exact) mass is 397 g/mol. The molecule has 2 aromatic carbocycles. The molecule has 29 heavy (non-hydrogen) atoms. The molecule has 142 valence electrons. The van der Waals surface area contributed by atoms with Crippen molar-refractivity contribution in [2.75, 3.05) is 5.32 Å². The Bertz CT molecular complexity index is 1240. The molecule has 1 N–H and O–H groups in total. The number of aromatic nitrogens is 2. The van der Waals surface area contributed by atoms with E-state index in [0.717, 1.165) is 33.9 Å². The first-order valence-corrected chi connectivity index (χ1v) is 10.3. The summed E-state index contributed by atoms with van der Waals surface area (Å²) in [5, 5.41) is 8.81. The van der Waals surface area contributed by atoms with E-state index >= 15 is 0 Å². The Kier molecular flexibility index (Phi) is 4.50. The summed E-state index contributed by atoms with van der Waals surface area (Å²) in [4.78, 5) is 4.58. The number of aryl methyl sites for hydroxylation is 1. The highest BCUT2D eigenvalue weighted by Crippen LogP contribution is 2.33. The van der Waals surface area contributed by atoms with Crippen LogP contribution in [0.15, 0.2) is 89.8 Å². The van der Waals surface area contributed by atoms with Gasteiger partial charge in [-0.05, 0) is 60.0 Å². The number of hydrogen-bond acceptors (Lipinski definition) is 4. The van der Waals surface area contributed by atoms with E-state index in [1.165, 1.54) is 11.3 Å². The summed E-state index contributed by atoms with van der Waals surface area (Å²) >= 11 is 1.71. The van der Waals surface area contributed by atoms with Crippen LogP contribution in [0.4, 0.5) is 11.5 Å². The molecule has 0 aliphatic rings. The van der Waals surface area contributed by atoms with Crippen molar-refractivity contribution in [2.24, 2.45) is 7.05 Å². The normalized spacial score (nSPS) is 10.9. The molecule has 5 aromatic rings. The van der Waals surface area contributed by atoms with Gasteiger partial charge >= 0.3 is 0 Å². The molecule has 0 fully saturated rings.